The van der Waals surface area contributed by atoms with Gasteiger partial charge in [-0.3, -0.25) is 4.79 Å². The summed E-state index contributed by atoms with van der Waals surface area (Å²) >= 11 is 0. The first-order chi connectivity index (χ1) is 14.0. The number of rotatable bonds is 7. The Labute approximate surface area is 168 Å². The molecule has 1 aliphatic heterocycles. The Bertz CT molecular complexity index is 889. The molecule has 1 heterocycles. The summed E-state index contributed by atoms with van der Waals surface area (Å²) in [6, 6.07) is 8.98. The van der Waals surface area contributed by atoms with Crippen molar-refractivity contribution in [2.75, 3.05) is 21.3 Å². The predicted octanol–water partition coefficient (Wildman–Crippen LogP) is 1.91. The molecule has 0 aromatic heterocycles. The largest absolute Gasteiger partial charge is 0.496 e. The second-order valence-electron chi connectivity index (χ2n) is 6.36. The van der Waals surface area contributed by atoms with Crippen molar-refractivity contribution in [3.8, 4) is 17.2 Å². The molecule has 1 aliphatic rings. The summed E-state index contributed by atoms with van der Waals surface area (Å²) < 4.78 is 28.9. The van der Waals surface area contributed by atoms with Crippen molar-refractivity contribution in [2.24, 2.45) is 5.10 Å². The third-order valence-corrected chi connectivity index (χ3v) is 4.61. The molecule has 2 aromatic rings. The van der Waals surface area contributed by atoms with Crippen molar-refractivity contribution < 1.29 is 23.4 Å². The number of benzene rings is 2. The molecule has 0 bridgehead atoms. The van der Waals surface area contributed by atoms with Crippen LogP contribution in [0.5, 0.6) is 17.2 Å². The highest BCUT2D eigenvalue weighted by Crippen LogP contribution is 2.33. The number of ether oxygens (including phenoxy) is 3. The van der Waals surface area contributed by atoms with E-state index in [-0.39, 0.29) is 17.8 Å². The molecule has 1 fully saturated rings. The first kappa shape index (κ1) is 20.6. The van der Waals surface area contributed by atoms with Crippen molar-refractivity contribution in [2.45, 2.75) is 18.5 Å². The van der Waals surface area contributed by atoms with Gasteiger partial charge in [0.15, 0.2) is 11.5 Å². The average Bonchev–Trinajstić information content (AvgIpc) is 3.24. The highest BCUT2D eigenvalue weighted by molar-refractivity contribution is 5.87. The lowest BCUT2D eigenvalue weighted by molar-refractivity contribution is -0.122. The van der Waals surface area contributed by atoms with E-state index in [9.17, 15) is 9.18 Å². The number of methoxy groups -OCH3 is 3. The van der Waals surface area contributed by atoms with Crippen LogP contribution >= 0.6 is 0 Å². The maximum Gasteiger partial charge on any atom is 0.258 e. The van der Waals surface area contributed by atoms with E-state index in [0.29, 0.717) is 29.2 Å². The average molecular weight is 402 g/mol. The van der Waals surface area contributed by atoms with Gasteiger partial charge in [0, 0.05) is 17.7 Å². The molecule has 0 spiro atoms. The fraction of sp³-hybridized carbons (Fsp3) is 0.300. The number of halogens is 1. The van der Waals surface area contributed by atoms with Gasteiger partial charge in [0.2, 0.25) is 0 Å². The number of hydrogen-bond acceptors (Lipinski definition) is 7. The van der Waals surface area contributed by atoms with Crippen LogP contribution in [0.4, 0.5) is 4.39 Å². The normalized spacial score (nSPS) is 18.6. The van der Waals surface area contributed by atoms with Crippen LogP contribution in [0.25, 0.3) is 0 Å². The first-order valence-corrected chi connectivity index (χ1v) is 8.95. The minimum atomic E-state index is -0.477. The molecular formula is C20H23FN4O4. The molecule has 0 saturated carbocycles. The molecule has 3 rings (SSSR count). The number of hydrazine groups is 1. The van der Waals surface area contributed by atoms with Gasteiger partial charge in [0.25, 0.3) is 5.91 Å². The summed E-state index contributed by atoms with van der Waals surface area (Å²) in [6.07, 6.45) is 1.98. The van der Waals surface area contributed by atoms with Crippen LogP contribution in [0.2, 0.25) is 0 Å². The molecule has 3 N–H and O–H groups in total. The summed E-state index contributed by atoms with van der Waals surface area (Å²) in [7, 11) is 4.59. The number of nitrogens with one attached hydrogen (secondary N) is 3. The summed E-state index contributed by atoms with van der Waals surface area (Å²) in [5.41, 5.74) is 10.0. The number of hydrogen-bond donors (Lipinski definition) is 3. The third kappa shape index (κ3) is 4.82. The van der Waals surface area contributed by atoms with Crippen molar-refractivity contribution in [3.05, 3.63) is 53.3 Å². The van der Waals surface area contributed by atoms with E-state index in [1.54, 1.807) is 24.3 Å². The number of amides is 1. The highest BCUT2D eigenvalue weighted by Gasteiger charge is 2.30. The van der Waals surface area contributed by atoms with Crippen LogP contribution in [-0.2, 0) is 4.79 Å². The van der Waals surface area contributed by atoms with Crippen LogP contribution in [-0.4, -0.2) is 39.5 Å². The Kier molecular flexibility index (Phi) is 6.63. The molecule has 154 valence electrons. The quantitative estimate of drug-likeness (QED) is 0.484. The van der Waals surface area contributed by atoms with Gasteiger partial charge in [-0.05, 0) is 30.2 Å². The van der Waals surface area contributed by atoms with Crippen LogP contribution in [0.1, 0.15) is 23.6 Å². The van der Waals surface area contributed by atoms with E-state index < -0.39 is 6.04 Å². The molecular weight excluding hydrogens is 379 g/mol. The topological polar surface area (TPSA) is 93.2 Å². The SMILES string of the molecule is COc1cc(OC)c(OC)cc1/C=N/NC(=O)C1CC(c2ccc(F)cc2)NN1. The van der Waals surface area contributed by atoms with Gasteiger partial charge in [-0.15, -0.1) is 0 Å². The van der Waals surface area contributed by atoms with Crippen molar-refractivity contribution in [1.82, 2.24) is 16.3 Å². The Balaban J connectivity index is 1.62. The molecule has 0 aliphatic carbocycles. The lowest BCUT2D eigenvalue weighted by atomic mass is 10.0. The van der Waals surface area contributed by atoms with Gasteiger partial charge in [-0.1, -0.05) is 12.1 Å². The van der Waals surface area contributed by atoms with Gasteiger partial charge in [0.1, 0.15) is 17.6 Å². The zero-order chi connectivity index (χ0) is 20.8. The molecule has 2 aromatic carbocycles. The second-order valence-corrected chi connectivity index (χ2v) is 6.36. The van der Waals surface area contributed by atoms with E-state index in [1.807, 2.05) is 0 Å². The number of nitrogens with zero attached hydrogens (tertiary/aromatic N) is 1. The first-order valence-electron chi connectivity index (χ1n) is 8.95. The number of carbonyl (C=O) groups is 1. The third-order valence-electron chi connectivity index (χ3n) is 4.61. The maximum absolute atomic E-state index is 13.1. The van der Waals surface area contributed by atoms with Gasteiger partial charge < -0.3 is 14.2 Å². The Morgan fingerprint density at radius 2 is 1.72 bits per heavy atom. The van der Waals surface area contributed by atoms with Gasteiger partial charge in [-0.2, -0.15) is 5.10 Å². The Morgan fingerprint density at radius 1 is 1.07 bits per heavy atom. The van der Waals surface area contributed by atoms with Crippen molar-refractivity contribution in [3.63, 3.8) is 0 Å². The minimum absolute atomic E-state index is 0.0960. The summed E-state index contributed by atoms with van der Waals surface area (Å²) in [5.74, 6) is 0.980. The van der Waals surface area contributed by atoms with Crippen LogP contribution in [0.3, 0.4) is 0 Å². The molecule has 29 heavy (non-hydrogen) atoms. The smallest absolute Gasteiger partial charge is 0.258 e. The molecule has 1 saturated heterocycles. The van der Waals surface area contributed by atoms with Crippen LogP contribution < -0.4 is 30.5 Å². The zero-order valence-corrected chi connectivity index (χ0v) is 16.4. The van der Waals surface area contributed by atoms with Gasteiger partial charge >= 0.3 is 0 Å². The van der Waals surface area contributed by atoms with Crippen molar-refractivity contribution >= 4 is 12.1 Å². The van der Waals surface area contributed by atoms with E-state index in [1.165, 1.54) is 39.7 Å². The fourth-order valence-electron chi connectivity index (χ4n) is 3.04. The van der Waals surface area contributed by atoms with Crippen LogP contribution in [0.15, 0.2) is 41.5 Å². The standard InChI is InChI=1S/C20H23FN4O4/c1-27-17-10-19(29-3)18(28-2)8-13(17)11-22-25-20(26)16-9-15(23-24-16)12-4-6-14(21)7-5-12/h4-8,10-11,15-16,23-24H,9H2,1-3H3,(H,25,26)/b22-11+. The van der Waals surface area contributed by atoms with E-state index >= 15 is 0 Å². The fourth-order valence-corrected chi connectivity index (χ4v) is 3.04. The van der Waals surface area contributed by atoms with E-state index in [4.69, 9.17) is 14.2 Å². The summed E-state index contributed by atoms with van der Waals surface area (Å²) in [5, 5.41) is 4.02. The van der Waals surface area contributed by atoms with E-state index in [2.05, 4.69) is 21.4 Å². The lowest BCUT2D eigenvalue weighted by Gasteiger charge is -2.12. The molecule has 0 radical (unpaired) electrons. The monoisotopic (exact) mass is 402 g/mol. The number of hydrazone groups is 1. The second kappa shape index (κ2) is 9.35. The molecule has 9 heteroatoms. The molecule has 1 amide bonds. The van der Waals surface area contributed by atoms with Crippen LogP contribution in [0, 0.1) is 5.82 Å². The Morgan fingerprint density at radius 3 is 2.38 bits per heavy atom. The summed E-state index contributed by atoms with van der Waals surface area (Å²) in [6.45, 7) is 0. The molecule has 8 nitrogen and oxygen atoms in total. The number of carbonyl (C=O) groups excluding carboxylic acids is 1. The molecule has 2 unspecified atom stereocenters. The summed E-state index contributed by atoms with van der Waals surface area (Å²) in [4.78, 5) is 12.4. The van der Waals surface area contributed by atoms with Gasteiger partial charge in [0.05, 0.1) is 27.5 Å². The minimum Gasteiger partial charge on any atom is -0.496 e. The maximum atomic E-state index is 13.1. The molecule has 2 atom stereocenters. The zero-order valence-electron chi connectivity index (χ0n) is 16.4. The van der Waals surface area contributed by atoms with Gasteiger partial charge in [-0.25, -0.2) is 20.7 Å². The van der Waals surface area contributed by atoms with E-state index in [0.717, 1.165) is 5.56 Å². The Hall–Kier alpha value is -3.17. The highest BCUT2D eigenvalue weighted by atomic mass is 19.1. The lowest BCUT2D eigenvalue weighted by Crippen LogP contribution is -2.41. The predicted molar refractivity (Wildman–Crippen MR) is 106 cm³/mol. The van der Waals surface area contributed by atoms with Crippen molar-refractivity contribution in [1.29, 1.82) is 0 Å².